The predicted octanol–water partition coefficient (Wildman–Crippen LogP) is 4.13. The monoisotopic (exact) mass is 352 g/mol. The van der Waals surface area contributed by atoms with E-state index in [2.05, 4.69) is 15.9 Å². The van der Waals surface area contributed by atoms with Crippen molar-refractivity contribution in [3.8, 4) is 5.75 Å². The highest BCUT2D eigenvalue weighted by Gasteiger charge is 2.23. The number of rotatable bonds is 5. The fourth-order valence-electron chi connectivity index (χ4n) is 2.33. The van der Waals surface area contributed by atoms with Crippen molar-refractivity contribution < 1.29 is 14.2 Å². The van der Waals surface area contributed by atoms with Crippen LogP contribution in [0.2, 0.25) is 0 Å². The number of ether oxygens (including phenoxy) is 1. The molecule has 4 heteroatoms. The highest BCUT2D eigenvalue weighted by Crippen LogP contribution is 2.27. The molecule has 0 aliphatic rings. The Bertz CT molecular complexity index is 609. The fourth-order valence-corrected chi connectivity index (χ4v) is 2.72. The van der Waals surface area contributed by atoms with Gasteiger partial charge in [0.15, 0.2) is 0 Å². The molecule has 0 aliphatic carbocycles. The van der Waals surface area contributed by atoms with Crippen molar-refractivity contribution in [1.82, 2.24) is 0 Å². The summed E-state index contributed by atoms with van der Waals surface area (Å²) < 4.78 is 19.1. The number of halogens is 2. The zero-order chi connectivity index (χ0) is 15.5. The maximum absolute atomic E-state index is 12.9. The van der Waals surface area contributed by atoms with E-state index < -0.39 is 5.60 Å². The van der Waals surface area contributed by atoms with Gasteiger partial charge < -0.3 is 9.84 Å². The third-order valence-electron chi connectivity index (χ3n) is 3.32. The zero-order valence-corrected chi connectivity index (χ0v) is 13.7. The third kappa shape index (κ3) is 4.55. The average Bonchev–Trinajstić information content (AvgIpc) is 2.43. The van der Waals surface area contributed by atoms with E-state index in [1.807, 2.05) is 18.2 Å². The average molecular weight is 353 g/mol. The summed E-state index contributed by atoms with van der Waals surface area (Å²) in [4.78, 5) is 0. The van der Waals surface area contributed by atoms with Gasteiger partial charge in [-0.25, -0.2) is 4.39 Å². The molecule has 112 valence electrons. The summed E-state index contributed by atoms with van der Waals surface area (Å²) in [5.41, 5.74) is 0.953. The smallest absolute Gasteiger partial charge is 0.123 e. The lowest BCUT2D eigenvalue weighted by Gasteiger charge is -2.24. The molecule has 0 heterocycles. The summed E-state index contributed by atoms with van der Waals surface area (Å²) in [6.45, 7) is 1.78. The first-order valence-corrected chi connectivity index (χ1v) is 7.48. The van der Waals surface area contributed by atoms with Crippen LogP contribution < -0.4 is 4.74 Å². The molecular weight excluding hydrogens is 335 g/mol. The maximum atomic E-state index is 12.9. The van der Waals surface area contributed by atoms with E-state index in [1.165, 1.54) is 12.1 Å². The van der Waals surface area contributed by atoms with Gasteiger partial charge in [-0.1, -0.05) is 28.1 Å². The molecule has 0 aliphatic heterocycles. The van der Waals surface area contributed by atoms with Crippen molar-refractivity contribution >= 4 is 15.9 Å². The van der Waals surface area contributed by atoms with E-state index in [4.69, 9.17) is 4.74 Å². The van der Waals surface area contributed by atoms with Gasteiger partial charge in [0.1, 0.15) is 11.6 Å². The summed E-state index contributed by atoms with van der Waals surface area (Å²) in [7, 11) is 1.61. The van der Waals surface area contributed by atoms with Crippen molar-refractivity contribution in [2.24, 2.45) is 0 Å². The summed E-state index contributed by atoms with van der Waals surface area (Å²) in [5.74, 6) is 0.486. The van der Waals surface area contributed by atoms with Crippen LogP contribution >= 0.6 is 15.9 Å². The zero-order valence-electron chi connectivity index (χ0n) is 12.1. The second-order valence-electron chi connectivity index (χ2n) is 5.43. The van der Waals surface area contributed by atoms with E-state index in [0.29, 0.717) is 12.8 Å². The molecule has 1 N–H and O–H groups in total. The normalized spacial score (nSPS) is 13.8. The number of hydrogen-bond acceptors (Lipinski definition) is 2. The van der Waals surface area contributed by atoms with E-state index in [1.54, 1.807) is 26.2 Å². The Balaban J connectivity index is 2.15. The number of methoxy groups -OCH3 is 1. The highest BCUT2D eigenvalue weighted by molar-refractivity contribution is 9.10. The standard InChI is InChI=1S/C17H18BrFO2/c1-17(20,10-12-3-5-14(19)6-4-12)11-13-9-15(21-2)7-8-16(13)18/h3-9,20H,10-11H2,1-2H3. The van der Waals surface area contributed by atoms with Crippen LogP contribution in [-0.4, -0.2) is 17.8 Å². The van der Waals surface area contributed by atoms with Gasteiger partial charge in [-0.15, -0.1) is 0 Å². The van der Waals surface area contributed by atoms with Crippen molar-refractivity contribution in [1.29, 1.82) is 0 Å². The van der Waals surface area contributed by atoms with Crippen LogP contribution in [0, 0.1) is 5.82 Å². The van der Waals surface area contributed by atoms with Gasteiger partial charge in [0, 0.05) is 17.3 Å². The van der Waals surface area contributed by atoms with E-state index in [9.17, 15) is 9.50 Å². The van der Waals surface area contributed by atoms with Crippen molar-refractivity contribution in [2.75, 3.05) is 7.11 Å². The molecule has 0 fully saturated rings. The van der Waals surface area contributed by atoms with Gasteiger partial charge in [0.25, 0.3) is 0 Å². The molecular formula is C17H18BrFO2. The Morgan fingerprint density at radius 1 is 1.14 bits per heavy atom. The lowest BCUT2D eigenvalue weighted by atomic mass is 9.90. The number of aliphatic hydroxyl groups is 1. The van der Waals surface area contributed by atoms with Gasteiger partial charge in [-0.3, -0.25) is 0 Å². The first-order valence-electron chi connectivity index (χ1n) is 6.69. The Hall–Kier alpha value is -1.39. The molecule has 0 radical (unpaired) electrons. The van der Waals surface area contributed by atoms with E-state index in [0.717, 1.165) is 21.3 Å². The van der Waals surface area contributed by atoms with Crippen LogP contribution in [-0.2, 0) is 12.8 Å². The fraction of sp³-hybridized carbons (Fsp3) is 0.294. The van der Waals surface area contributed by atoms with Crippen molar-refractivity contribution in [3.63, 3.8) is 0 Å². The molecule has 0 aromatic heterocycles. The van der Waals surface area contributed by atoms with Crippen LogP contribution in [0.5, 0.6) is 5.75 Å². The van der Waals surface area contributed by atoms with Gasteiger partial charge in [-0.05, 0) is 48.4 Å². The Labute approximate surface area is 132 Å². The van der Waals surface area contributed by atoms with E-state index in [-0.39, 0.29) is 5.82 Å². The first kappa shape index (κ1) is 16.0. The van der Waals surface area contributed by atoms with Crippen LogP contribution in [0.1, 0.15) is 18.1 Å². The Morgan fingerprint density at radius 3 is 2.43 bits per heavy atom. The first-order chi connectivity index (χ1) is 9.89. The topological polar surface area (TPSA) is 29.5 Å². The minimum atomic E-state index is -0.924. The molecule has 2 aromatic rings. The second kappa shape index (κ2) is 6.58. The van der Waals surface area contributed by atoms with Crippen LogP contribution in [0.3, 0.4) is 0 Å². The Morgan fingerprint density at radius 2 is 1.81 bits per heavy atom. The number of hydrogen-bond donors (Lipinski definition) is 1. The van der Waals surface area contributed by atoms with Gasteiger partial charge >= 0.3 is 0 Å². The second-order valence-corrected chi connectivity index (χ2v) is 6.29. The largest absolute Gasteiger partial charge is 0.497 e. The summed E-state index contributed by atoms with van der Waals surface area (Å²) in [6.07, 6.45) is 0.930. The quantitative estimate of drug-likeness (QED) is 0.876. The van der Waals surface area contributed by atoms with Crippen molar-refractivity contribution in [3.05, 3.63) is 63.9 Å². The van der Waals surface area contributed by atoms with Crippen LogP contribution in [0.15, 0.2) is 46.9 Å². The molecule has 2 aromatic carbocycles. The summed E-state index contributed by atoms with van der Waals surface area (Å²) >= 11 is 3.49. The molecule has 2 nitrogen and oxygen atoms in total. The molecule has 0 saturated carbocycles. The number of benzene rings is 2. The SMILES string of the molecule is COc1ccc(Br)c(CC(C)(O)Cc2ccc(F)cc2)c1. The van der Waals surface area contributed by atoms with Gasteiger partial charge in [-0.2, -0.15) is 0 Å². The maximum Gasteiger partial charge on any atom is 0.123 e. The summed E-state index contributed by atoms with van der Waals surface area (Å²) in [5, 5.41) is 10.6. The van der Waals surface area contributed by atoms with Crippen molar-refractivity contribution in [2.45, 2.75) is 25.4 Å². The molecule has 0 bridgehead atoms. The lowest BCUT2D eigenvalue weighted by molar-refractivity contribution is 0.0606. The molecule has 1 atom stereocenters. The lowest BCUT2D eigenvalue weighted by Crippen LogP contribution is -2.30. The molecule has 0 spiro atoms. The molecule has 0 amide bonds. The molecule has 0 saturated heterocycles. The van der Waals surface area contributed by atoms with Crippen LogP contribution in [0.25, 0.3) is 0 Å². The minimum Gasteiger partial charge on any atom is -0.497 e. The molecule has 2 rings (SSSR count). The molecule has 1 unspecified atom stereocenters. The van der Waals surface area contributed by atoms with Gasteiger partial charge in [0.05, 0.1) is 12.7 Å². The molecule has 21 heavy (non-hydrogen) atoms. The predicted molar refractivity (Wildman–Crippen MR) is 85.1 cm³/mol. The Kier molecular flexibility index (Phi) is 5.01. The minimum absolute atomic E-state index is 0.270. The summed E-state index contributed by atoms with van der Waals surface area (Å²) in [6, 6.07) is 11.9. The highest BCUT2D eigenvalue weighted by atomic mass is 79.9. The third-order valence-corrected chi connectivity index (χ3v) is 4.10. The van der Waals surface area contributed by atoms with Gasteiger partial charge in [0.2, 0.25) is 0 Å². The van der Waals surface area contributed by atoms with Crippen LogP contribution in [0.4, 0.5) is 4.39 Å². The van der Waals surface area contributed by atoms with E-state index >= 15 is 0 Å².